The number of nitrogens with zero attached hydrogens (tertiary/aromatic N) is 6. The molecule has 3 rings (SSSR count). The Morgan fingerprint density at radius 1 is 1.32 bits per heavy atom. The molecule has 9 nitrogen and oxygen atoms in total. The molecule has 0 atom stereocenters. The summed E-state index contributed by atoms with van der Waals surface area (Å²) < 4.78 is 1.62. The van der Waals surface area contributed by atoms with Gasteiger partial charge in [-0.2, -0.15) is 4.52 Å². The van der Waals surface area contributed by atoms with Crippen LogP contribution in [0.5, 0.6) is 0 Å². The Bertz CT molecular complexity index is 766. The highest BCUT2D eigenvalue weighted by molar-refractivity contribution is 5.83. The largest absolute Gasteiger partial charge is 0.480 e. The van der Waals surface area contributed by atoms with Gasteiger partial charge < -0.3 is 14.9 Å². The molecule has 2 aromatic heterocycles. The molecule has 1 amide bonds. The fourth-order valence-electron chi connectivity index (χ4n) is 3.14. The second kappa shape index (κ2) is 7.04. The van der Waals surface area contributed by atoms with E-state index >= 15 is 0 Å². The molecule has 134 valence electrons. The number of carbonyl (C=O) groups excluding carboxylic acids is 1. The number of rotatable bonds is 5. The second-order valence-corrected chi connectivity index (χ2v) is 6.54. The summed E-state index contributed by atoms with van der Waals surface area (Å²) in [5, 5.41) is 21.2. The molecule has 1 N–H and O–H groups in total. The minimum Gasteiger partial charge on any atom is -0.480 e. The first-order chi connectivity index (χ1) is 12.0. The van der Waals surface area contributed by atoms with Crippen LogP contribution >= 0.6 is 0 Å². The summed E-state index contributed by atoms with van der Waals surface area (Å²) in [6, 6.07) is 3.64. The van der Waals surface area contributed by atoms with Crippen LogP contribution in [0.3, 0.4) is 0 Å². The quantitative estimate of drug-likeness (QED) is 0.848. The third kappa shape index (κ3) is 3.70. The molecule has 1 fully saturated rings. The predicted molar refractivity (Wildman–Crippen MR) is 90.2 cm³/mol. The molecule has 0 bridgehead atoms. The number of carboxylic acid groups (broad SMARTS) is 1. The highest BCUT2D eigenvalue weighted by Gasteiger charge is 2.31. The summed E-state index contributed by atoms with van der Waals surface area (Å²) in [5.41, 5.74) is 0.690. The zero-order chi connectivity index (χ0) is 18.0. The topological polar surface area (TPSA) is 104 Å². The summed E-state index contributed by atoms with van der Waals surface area (Å²) >= 11 is 0. The minimum absolute atomic E-state index is 0.0701. The van der Waals surface area contributed by atoms with Crippen LogP contribution in [0.25, 0.3) is 5.65 Å². The van der Waals surface area contributed by atoms with Gasteiger partial charge in [-0.3, -0.25) is 9.59 Å². The number of amides is 1. The number of carbonyl (C=O) groups is 2. The van der Waals surface area contributed by atoms with Gasteiger partial charge in [-0.1, -0.05) is 0 Å². The van der Waals surface area contributed by atoms with Gasteiger partial charge in [0.15, 0.2) is 5.65 Å². The van der Waals surface area contributed by atoms with E-state index in [2.05, 4.69) is 20.2 Å². The molecule has 1 saturated heterocycles. The van der Waals surface area contributed by atoms with Crippen molar-refractivity contribution in [2.75, 3.05) is 24.5 Å². The van der Waals surface area contributed by atoms with Crippen molar-refractivity contribution in [3.05, 3.63) is 18.5 Å². The molecule has 25 heavy (non-hydrogen) atoms. The molecule has 0 unspecified atom stereocenters. The summed E-state index contributed by atoms with van der Waals surface area (Å²) in [7, 11) is 0. The van der Waals surface area contributed by atoms with Gasteiger partial charge >= 0.3 is 5.97 Å². The lowest BCUT2D eigenvalue weighted by Crippen LogP contribution is -2.47. The predicted octanol–water partition coefficient (Wildman–Crippen LogP) is 0.662. The Labute approximate surface area is 145 Å². The molecule has 1 aliphatic rings. The first-order valence-corrected chi connectivity index (χ1v) is 8.40. The highest BCUT2D eigenvalue weighted by Crippen LogP contribution is 2.24. The lowest BCUT2D eigenvalue weighted by molar-refractivity contribution is -0.148. The molecule has 0 radical (unpaired) electrons. The second-order valence-electron chi connectivity index (χ2n) is 6.54. The van der Waals surface area contributed by atoms with Crippen molar-refractivity contribution in [1.29, 1.82) is 0 Å². The highest BCUT2D eigenvalue weighted by atomic mass is 16.4. The van der Waals surface area contributed by atoms with E-state index in [1.807, 2.05) is 26.0 Å². The number of fused-ring (bicyclic) bond motifs is 1. The molecular weight excluding hydrogens is 324 g/mol. The zero-order valence-corrected chi connectivity index (χ0v) is 14.4. The average molecular weight is 346 g/mol. The molecule has 1 aliphatic heterocycles. The minimum atomic E-state index is -0.981. The number of aromatic nitrogens is 4. The molecule has 0 saturated carbocycles. The van der Waals surface area contributed by atoms with E-state index in [9.17, 15) is 9.59 Å². The Hall–Kier alpha value is -2.71. The van der Waals surface area contributed by atoms with Gasteiger partial charge in [-0.15, -0.1) is 15.3 Å². The third-order valence-electron chi connectivity index (χ3n) is 4.53. The Morgan fingerprint density at radius 2 is 2.04 bits per heavy atom. The average Bonchev–Trinajstić information content (AvgIpc) is 3.06. The first kappa shape index (κ1) is 17.1. The molecular formula is C16H22N6O3. The van der Waals surface area contributed by atoms with Gasteiger partial charge in [-0.05, 0) is 38.8 Å². The van der Waals surface area contributed by atoms with E-state index in [-0.39, 0.29) is 24.4 Å². The lowest BCUT2D eigenvalue weighted by atomic mass is 9.94. The molecule has 9 heteroatoms. The van der Waals surface area contributed by atoms with Crippen LogP contribution in [0.1, 0.15) is 26.7 Å². The van der Waals surface area contributed by atoms with E-state index in [4.69, 9.17) is 5.11 Å². The van der Waals surface area contributed by atoms with Crippen molar-refractivity contribution in [3.8, 4) is 0 Å². The van der Waals surface area contributed by atoms with Crippen LogP contribution < -0.4 is 4.90 Å². The maximum absolute atomic E-state index is 12.7. The van der Waals surface area contributed by atoms with E-state index in [0.717, 1.165) is 5.82 Å². The normalized spacial score (nSPS) is 15.7. The molecule has 2 aromatic rings. The van der Waals surface area contributed by atoms with E-state index in [1.54, 1.807) is 10.8 Å². The monoisotopic (exact) mass is 346 g/mol. The summed E-state index contributed by atoms with van der Waals surface area (Å²) in [5.74, 6) is -0.369. The summed E-state index contributed by atoms with van der Waals surface area (Å²) in [6.45, 7) is 4.84. The van der Waals surface area contributed by atoms with Crippen LogP contribution in [0.4, 0.5) is 5.82 Å². The smallest absolute Gasteiger partial charge is 0.323 e. The molecule has 0 aliphatic carbocycles. The SMILES string of the molecule is CC(C)N(CC(=O)O)C(=O)C1CCN(c2ccc3nncn3n2)CC1. The van der Waals surface area contributed by atoms with Crippen molar-refractivity contribution in [2.45, 2.75) is 32.7 Å². The fourth-order valence-corrected chi connectivity index (χ4v) is 3.14. The zero-order valence-electron chi connectivity index (χ0n) is 14.4. The standard InChI is InChI=1S/C16H22N6O3/c1-11(2)21(9-15(23)24)16(25)12-5-7-20(8-6-12)14-4-3-13-18-17-10-22(13)19-14/h3-4,10-12H,5-9H2,1-2H3,(H,23,24). The van der Waals surface area contributed by atoms with Crippen LogP contribution in [0.2, 0.25) is 0 Å². The lowest BCUT2D eigenvalue weighted by Gasteiger charge is -2.35. The Kier molecular flexibility index (Phi) is 4.82. The van der Waals surface area contributed by atoms with Gasteiger partial charge in [0.05, 0.1) is 0 Å². The van der Waals surface area contributed by atoms with Crippen LogP contribution in [0.15, 0.2) is 18.5 Å². The fraction of sp³-hybridized carbons (Fsp3) is 0.562. The number of hydrogen-bond acceptors (Lipinski definition) is 6. The van der Waals surface area contributed by atoms with Crippen molar-refractivity contribution in [3.63, 3.8) is 0 Å². The van der Waals surface area contributed by atoms with Crippen LogP contribution in [0, 0.1) is 5.92 Å². The van der Waals surface area contributed by atoms with Gasteiger partial charge in [-0.25, -0.2) is 0 Å². The number of carboxylic acids is 1. The van der Waals surface area contributed by atoms with Gasteiger partial charge in [0.25, 0.3) is 0 Å². The van der Waals surface area contributed by atoms with E-state index in [0.29, 0.717) is 31.6 Å². The first-order valence-electron chi connectivity index (χ1n) is 8.40. The van der Waals surface area contributed by atoms with Crippen molar-refractivity contribution >= 4 is 23.3 Å². The van der Waals surface area contributed by atoms with Gasteiger partial charge in [0.1, 0.15) is 18.7 Å². The number of aliphatic carboxylic acids is 1. The number of anilines is 1. The molecule has 0 aromatic carbocycles. The van der Waals surface area contributed by atoms with Crippen molar-refractivity contribution in [2.24, 2.45) is 5.92 Å². The Balaban J connectivity index is 1.64. The van der Waals surface area contributed by atoms with Crippen molar-refractivity contribution in [1.82, 2.24) is 24.7 Å². The summed E-state index contributed by atoms with van der Waals surface area (Å²) in [4.78, 5) is 27.2. The van der Waals surface area contributed by atoms with E-state index < -0.39 is 5.97 Å². The number of hydrogen-bond donors (Lipinski definition) is 1. The Morgan fingerprint density at radius 3 is 2.68 bits per heavy atom. The molecule has 3 heterocycles. The molecule has 0 spiro atoms. The van der Waals surface area contributed by atoms with Crippen LogP contribution in [-0.2, 0) is 9.59 Å². The summed E-state index contributed by atoms with van der Waals surface area (Å²) in [6.07, 6.45) is 2.93. The van der Waals surface area contributed by atoms with Gasteiger partial charge in [0.2, 0.25) is 5.91 Å². The van der Waals surface area contributed by atoms with E-state index in [1.165, 1.54) is 4.90 Å². The maximum atomic E-state index is 12.7. The van der Waals surface area contributed by atoms with Crippen LogP contribution in [-0.4, -0.2) is 67.4 Å². The number of piperidine rings is 1. The van der Waals surface area contributed by atoms with Gasteiger partial charge in [0, 0.05) is 25.0 Å². The maximum Gasteiger partial charge on any atom is 0.323 e. The van der Waals surface area contributed by atoms with Crippen molar-refractivity contribution < 1.29 is 14.7 Å². The third-order valence-corrected chi connectivity index (χ3v) is 4.53.